The van der Waals surface area contributed by atoms with Crippen molar-refractivity contribution in [1.29, 1.82) is 0 Å². The molecular weight excluding hydrogens is 172 g/mol. The van der Waals surface area contributed by atoms with E-state index < -0.39 is 11.0 Å². The minimum Gasteiger partial charge on any atom is -0.394 e. The van der Waals surface area contributed by atoms with E-state index in [1.807, 2.05) is 0 Å². The Bertz CT molecular complexity index is 297. The number of nitro groups is 1. The zero-order valence-corrected chi connectivity index (χ0v) is 6.88. The summed E-state index contributed by atoms with van der Waals surface area (Å²) >= 11 is 0. The second kappa shape index (κ2) is 3.97. The SMILES string of the molecule is N[C@@H](CO)c1ccc([N+](=O)[O-])cc1. The van der Waals surface area contributed by atoms with Gasteiger partial charge in [-0.25, -0.2) is 0 Å². The number of benzene rings is 1. The highest BCUT2D eigenvalue weighted by Gasteiger charge is 2.07. The average Bonchev–Trinajstić information content (AvgIpc) is 2.17. The van der Waals surface area contributed by atoms with Crippen LogP contribution in [-0.4, -0.2) is 16.6 Å². The zero-order chi connectivity index (χ0) is 9.84. The summed E-state index contributed by atoms with van der Waals surface area (Å²) in [4.78, 5) is 9.80. The summed E-state index contributed by atoms with van der Waals surface area (Å²) in [6.07, 6.45) is 0. The lowest BCUT2D eigenvalue weighted by Crippen LogP contribution is -2.14. The van der Waals surface area contributed by atoms with Crippen LogP contribution in [0.1, 0.15) is 11.6 Å². The molecule has 0 fully saturated rings. The number of nitrogens with zero attached hydrogens (tertiary/aromatic N) is 1. The third-order valence-corrected chi connectivity index (χ3v) is 1.73. The summed E-state index contributed by atoms with van der Waals surface area (Å²) in [5.41, 5.74) is 6.21. The highest BCUT2D eigenvalue weighted by molar-refractivity contribution is 5.34. The van der Waals surface area contributed by atoms with Crippen molar-refractivity contribution < 1.29 is 10.0 Å². The number of nitro benzene ring substituents is 1. The molecule has 0 aliphatic heterocycles. The maximum absolute atomic E-state index is 10.3. The van der Waals surface area contributed by atoms with Gasteiger partial charge in [-0.05, 0) is 5.56 Å². The summed E-state index contributed by atoms with van der Waals surface area (Å²) < 4.78 is 0. The van der Waals surface area contributed by atoms with Crippen molar-refractivity contribution in [2.24, 2.45) is 5.73 Å². The van der Waals surface area contributed by atoms with Crippen LogP contribution in [0.2, 0.25) is 0 Å². The molecule has 0 bridgehead atoms. The second-order valence-electron chi connectivity index (χ2n) is 2.64. The molecule has 1 aromatic carbocycles. The quantitative estimate of drug-likeness (QED) is 0.528. The fourth-order valence-corrected chi connectivity index (χ4v) is 0.949. The number of non-ortho nitro benzene ring substituents is 1. The van der Waals surface area contributed by atoms with Gasteiger partial charge in [0.1, 0.15) is 0 Å². The smallest absolute Gasteiger partial charge is 0.269 e. The van der Waals surface area contributed by atoms with Gasteiger partial charge < -0.3 is 10.8 Å². The minimum absolute atomic E-state index is 0.0221. The molecule has 5 heteroatoms. The minimum atomic E-state index is -0.478. The topological polar surface area (TPSA) is 89.4 Å². The molecule has 0 amide bonds. The predicted molar refractivity (Wildman–Crippen MR) is 47.1 cm³/mol. The van der Waals surface area contributed by atoms with Gasteiger partial charge >= 0.3 is 0 Å². The van der Waals surface area contributed by atoms with Crippen molar-refractivity contribution in [2.75, 3.05) is 6.61 Å². The Morgan fingerprint density at radius 1 is 1.46 bits per heavy atom. The molecule has 1 aromatic rings. The number of nitrogens with two attached hydrogens (primary N) is 1. The van der Waals surface area contributed by atoms with Crippen LogP contribution in [0, 0.1) is 10.1 Å². The molecular formula is C8H10N2O3. The van der Waals surface area contributed by atoms with Gasteiger partial charge in [-0.3, -0.25) is 10.1 Å². The Morgan fingerprint density at radius 3 is 2.38 bits per heavy atom. The summed E-state index contributed by atoms with van der Waals surface area (Å²) in [5.74, 6) is 0. The van der Waals surface area contributed by atoms with Gasteiger partial charge in [0.15, 0.2) is 0 Å². The zero-order valence-electron chi connectivity index (χ0n) is 6.88. The highest BCUT2D eigenvalue weighted by Crippen LogP contribution is 2.15. The molecule has 1 atom stereocenters. The third-order valence-electron chi connectivity index (χ3n) is 1.73. The largest absolute Gasteiger partial charge is 0.394 e. The lowest BCUT2D eigenvalue weighted by Gasteiger charge is -2.06. The number of aliphatic hydroxyl groups excluding tert-OH is 1. The lowest BCUT2D eigenvalue weighted by atomic mass is 10.1. The van der Waals surface area contributed by atoms with Gasteiger partial charge in [0.05, 0.1) is 17.6 Å². The van der Waals surface area contributed by atoms with E-state index >= 15 is 0 Å². The third kappa shape index (κ3) is 2.24. The van der Waals surface area contributed by atoms with Gasteiger partial charge in [-0.1, -0.05) is 12.1 Å². The van der Waals surface area contributed by atoms with Crippen LogP contribution in [0.5, 0.6) is 0 Å². The molecule has 0 unspecified atom stereocenters. The summed E-state index contributed by atoms with van der Waals surface area (Å²) in [6.45, 7) is -0.169. The molecule has 13 heavy (non-hydrogen) atoms. The molecule has 0 heterocycles. The Hall–Kier alpha value is -1.46. The molecule has 0 radical (unpaired) electrons. The molecule has 0 aliphatic carbocycles. The van der Waals surface area contributed by atoms with E-state index in [0.29, 0.717) is 5.56 Å². The monoisotopic (exact) mass is 182 g/mol. The first-order chi connectivity index (χ1) is 6.15. The van der Waals surface area contributed by atoms with Crippen molar-refractivity contribution in [3.63, 3.8) is 0 Å². The number of aliphatic hydroxyl groups is 1. The standard InChI is InChI=1S/C8H10N2O3/c9-8(5-11)6-1-3-7(4-2-6)10(12)13/h1-4,8,11H,5,9H2/t8-/m0/s1. The molecule has 5 nitrogen and oxygen atoms in total. The molecule has 3 N–H and O–H groups in total. The first kappa shape index (κ1) is 9.63. The Morgan fingerprint density at radius 2 is 2.00 bits per heavy atom. The Labute approximate surface area is 74.9 Å². The molecule has 0 spiro atoms. The van der Waals surface area contributed by atoms with Crippen LogP contribution in [0.4, 0.5) is 5.69 Å². The average molecular weight is 182 g/mol. The Kier molecular flexibility index (Phi) is 2.94. The van der Waals surface area contributed by atoms with E-state index in [1.54, 1.807) is 12.1 Å². The van der Waals surface area contributed by atoms with E-state index in [1.165, 1.54) is 12.1 Å². The van der Waals surface area contributed by atoms with Crippen LogP contribution in [-0.2, 0) is 0 Å². The van der Waals surface area contributed by atoms with Crippen LogP contribution in [0.25, 0.3) is 0 Å². The highest BCUT2D eigenvalue weighted by atomic mass is 16.6. The maximum atomic E-state index is 10.3. The molecule has 0 saturated heterocycles. The fourth-order valence-electron chi connectivity index (χ4n) is 0.949. The van der Waals surface area contributed by atoms with E-state index in [9.17, 15) is 10.1 Å². The van der Waals surface area contributed by atoms with Crippen molar-refractivity contribution >= 4 is 5.69 Å². The molecule has 0 aromatic heterocycles. The summed E-state index contributed by atoms with van der Waals surface area (Å²) in [7, 11) is 0. The summed E-state index contributed by atoms with van der Waals surface area (Å²) in [5, 5.41) is 19.0. The number of rotatable bonds is 3. The first-order valence-electron chi connectivity index (χ1n) is 3.76. The van der Waals surface area contributed by atoms with Crippen molar-refractivity contribution in [1.82, 2.24) is 0 Å². The van der Waals surface area contributed by atoms with E-state index in [0.717, 1.165) is 0 Å². The predicted octanol–water partition coefficient (Wildman–Crippen LogP) is 0.587. The second-order valence-corrected chi connectivity index (χ2v) is 2.64. The van der Waals surface area contributed by atoms with Crippen LogP contribution < -0.4 is 5.73 Å². The summed E-state index contributed by atoms with van der Waals surface area (Å²) in [6, 6.07) is 5.34. The van der Waals surface area contributed by atoms with E-state index in [-0.39, 0.29) is 12.3 Å². The van der Waals surface area contributed by atoms with Gasteiger partial charge in [-0.15, -0.1) is 0 Å². The van der Waals surface area contributed by atoms with Crippen LogP contribution in [0.15, 0.2) is 24.3 Å². The van der Waals surface area contributed by atoms with E-state index in [4.69, 9.17) is 10.8 Å². The van der Waals surface area contributed by atoms with Crippen molar-refractivity contribution in [3.05, 3.63) is 39.9 Å². The molecule has 0 saturated carbocycles. The van der Waals surface area contributed by atoms with Gasteiger partial charge in [-0.2, -0.15) is 0 Å². The number of hydrogen-bond acceptors (Lipinski definition) is 4. The normalized spacial score (nSPS) is 12.5. The molecule has 0 aliphatic rings. The van der Waals surface area contributed by atoms with Crippen LogP contribution in [0.3, 0.4) is 0 Å². The van der Waals surface area contributed by atoms with Gasteiger partial charge in [0, 0.05) is 12.1 Å². The maximum Gasteiger partial charge on any atom is 0.269 e. The van der Waals surface area contributed by atoms with Crippen molar-refractivity contribution in [2.45, 2.75) is 6.04 Å². The van der Waals surface area contributed by atoms with E-state index in [2.05, 4.69) is 0 Å². The van der Waals surface area contributed by atoms with Gasteiger partial charge in [0.25, 0.3) is 5.69 Å². The number of hydrogen-bond donors (Lipinski definition) is 2. The first-order valence-corrected chi connectivity index (χ1v) is 3.76. The molecule has 1 rings (SSSR count). The fraction of sp³-hybridized carbons (Fsp3) is 0.250. The molecule has 70 valence electrons. The van der Waals surface area contributed by atoms with Gasteiger partial charge in [0.2, 0.25) is 0 Å². The van der Waals surface area contributed by atoms with Crippen LogP contribution >= 0.6 is 0 Å². The Balaban J connectivity index is 2.87. The van der Waals surface area contributed by atoms with Crippen molar-refractivity contribution in [3.8, 4) is 0 Å². The lowest BCUT2D eigenvalue weighted by molar-refractivity contribution is -0.384.